The average molecular weight is 265 g/mol. The minimum atomic E-state index is -0.400. The number of morpholine rings is 1. The molecule has 1 aromatic rings. The molecular weight excluding hydrogens is 246 g/mol. The van der Waals surface area contributed by atoms with Gasteiger partial charge in [0.2, 0.25) is 0 Å². The van der Waals surface area contributed by atoms with E-state index in [-0.39, 0.29) is 5.84 Å². The van der Waals surface area contributed by atoms with Crippen LogP contribution in [0.3, 0.4) is 0 Å². The molecule has 2 heterocycles. The number of aromatic nitrogens is 2. The van der Waals surface area contributed by atoms with E-state index in [1.807, 2.05) is 6.07 Å². The fourth-order valence-electron chi connectivity index (χ4n) is 2.05. The number of amidine groups is 1. The zero-order valence-corrected chi connectivity index (χ0v) is 11.0. The number of hydrogen-bond acceptors (Lipinski definition) is 6. The maximum atomic E-state index is 8.70. The van der Waals surface area contributed by atoms with Gasteiger partial charge in [0.1, 0.15) is 18.2 Å². The van der Waals surface area contributed by atoms with Crippen LogP contribution in [0.25, 0.3) is 0 Å². The van der Waals surface area contributed by atoms with Crippen molar-refractivity contribution in [1.82, 2.24) is 9.97 Å². The Balaban J connectivity index is 2.10. The molecule has 7 nitrogen and oxygen atoms in total. The molecule has 1 unspecified atom stereocenters. The summed E-state index contributed by atoms with van der Waals surface area (Å²) < 4.78 is 5.46. The molecule has 0 saturated carbocycles. The summed E-state index contributed by atoms with van der Waals surface area (Å²) in [7, 11) is 0. The van der Waals surface area contributed by atoms with Crippen molar-refractivity contribution < 1.29 is 9.94 Å². The van der Waals surface area contributed by atoms with Crippen molar-refractivity contribution in [1.29, 1.82) is 0 Å². The molecule has 1 atom stereocenters. The van der Waals surface area contributed by atoms with Crippen LogP contribution in [0.1, 0.15) is 19.0 Å². The quantitative estimate of drug-likeness (QED) is 0.353. The third kappa shape index (κ3) is 3.31. The number of hydrogen-bond donors (Lipinski definition) is 2. The van der Waals surface area contributed by atoms with Crippen molar-refractivity contribution >= 4 is 11.7 Å². The summed E-state index contributed by atoms with van der Waals surface area (Å²) in [5.74, 6) is 0.949. The average Bonchev–Trinajstić information content (AvgIpc) is 2.47. The number of aryl methyl sites for hydroxylation is 1. The Labute approximate surface area is 112 Å². The lowest BCUT2D eigenvalue weighted by Crippen LogP contribution is -2.48. The van der Waals surface area contributed by atoms with E-state index in [9.17, 15) is 0 Å². The molecule has 0 spiro atoms. The number of rotatable bonds is 4. The van der Waals surface area contributed by atoms with Gasteiger partial charge in [-0.2, -0.15) is 0 Å². The molecule has 3 N–H and O–H groups in total. The van der Waals surface area contributed by atoms with Crippen molar-refractivity contribution in [2.75, 3.05) is 24.6 Å². The van der Waals surface area contributed by atoms with E-state index in [1.165, 1.54) is 0 Å². The second-order valence-electron chi connectivity index (χ2n) is 4.45. The second-order valence-corrected chi connectivity index (χ2v) is 4.45. The maximum absolute atomic E-state index is 8.70. The lowest BCUT2D eigenvalue weighted by molar-refractivity contribution is 0.0804. The Bertz CT molecular complexity index is 452. The molecule has 0 radical (unpaired) electrons. The summed E-state index contributed by atoms with van der Waals surface area (Å²) in [6.45, 7) is 3.90. The molecule has 1 aliphatic heterocycles. The van der Waals surface area contributed by atoms with Crippen molar-refractivity contribution in [3.63, 3.8) is 0 Å². The first-order chi connectivity index (χ1) is 9.24. The lowest BCUT2D eigenvalue weighted by atomic mass is 10.2. The van der Waals surface area contributed by atoms with Crippen molar-refractivity contribution in [2.45, 2.75) is 25.9 Å². The predicted octanol–water partition coefficient (Wildman–Crippen LogP) is 0.381. The Morgan fingerprint density at radius 1 is 1.63 bits per heavy atom. The number of anilines is 1. The normalized spacial score (nSPS) is 20.6. The van der Waals surface area contributed by atoms with E-state index in [1.54, 1.807) is 6.33 Å². The Kier molecular flexibility index (Phi) is 4.51. The minimum absolute atomic E-state index is 0.0903. The van der Waals surface area contributed by atoms with Crippen LogP contribution in [-0.4, -0.2) is 46.8 Å². The van der Waals surface area contributed by atoms with E-state index in [2.05, 4.69) is 26.9 Å². The number of nitrogens with two attached hydrogens (primary N) is 1. The molecule has 2 rings (SSSR count). The van der Waals surface area contributed by atoms with Crippen LogP contribution < -0.4 is 10.6 Å². The molecule has 1 aliphatic rings. The molecular formula is C12H19N5O2. The predicted molar refractivity (Wildman–Crippen MR) is 71.4 cm³/mol. The van der Waals surface area contributed by atoms with Gasteiger partial charge in [0.25, 0.3) is 0 Å². The van der Waals surface area contributed by atoms with E-state index >= 15 is 0 Å². The highest BCUT2D eigenvalue weighted by Crippen LogP contribution is 2.16. The van der Waals surface area contributed by atoms with Crippen LogP contribution in [-0.2, 0) is 11.2 Å². The van der Waals surface area contributed by atoms with E-state index < -0.39 is 6.10 Å². The van der Waals surface area contributed by atoms with E-state index in [4.69, 9.17) is 15.7 Å². The molecule has 0 amide bonds. The summed E-state index contributed by atoms with van der Waals surface area (Å²) >= 11 is 0. The molecule has 1 fully saturated rings. The van der Waals surface area contributed by atoms with Gasteiger partial charge in [0.15, 0.2) is 5.84 Å². The molecule has 1 saturated heterocycles. The summed E-state index contributed by atoms with van der Waals surface area (Å²) in [5.41, 5.74) is 6.61. The van der Waals surface area contributed by atoms with Gasteiger partial charge in [-0.3, -0.25) is 0 Å². The van der Waals surface area contributed by atoms with Gasteiger partial charge in [0.05, 0.1) is 13.2 Å². The first-order valence-electron chi connectivity index (χ1n) is 6.39. The number of oxime groups is 1. The van der Waals surface area contributed by atoms with Crippen LogP contribution in [0.4, 0.5) is 5.82 Å². The maximum Gasteiger partial charge on any atom is 0.170 e. The zero-order valence-electron chi connectivity index (χ0n) is 11.0. The van der Waals surface area contributed by atoms with Gasteiger partial charge >= 0.3 is 0 Å². The Hall–Kier alpha value is -1.89. The molecule has 19 heavy (non-hydrogen) atoms. The summed E-state index contributed by atoms with van der Waals surface area (Å²) in [5, 5.41) is 11.7. The highest BCUT2D eigenvalue weighted by molar-refractivity contribution is 5.85. The highest BCUT2D eigenvalue weighted by atomic mass is 16.5. The van der Waals surface area contributed by atoms with Crippen molar-refractivity contribution in [2.24, 2.45) is 10.9 Å². The van der Waals surface area contributed by atoms with E-state index in [0.29, 0.717) is 13.2 Å². The topological polar surface area (TPSA) is 96.9 Å². The van der Waals surface area contributed by atoms with Crippen LogP contribution in [0.2, 0.25) is 0 Å². The largest absolute Gasteiger partial charge is 0.409 e. The molecule has 1 aromatic heterocycles. The van der Waals surface area contributed by atoms with Crippen LogP contribution in [0.15, 0.2) is 17.5 Å². The van der Waals surface area contributed by atoms with E-state index in [0.717, 1.165) is 30.9 Å². The summed E-state index contributed by atoms with van der Waals surface area (Å²) in [4.78, 5) is 10.6. The lowest BCUT2D eigenvalue weighted by Gasteiger charge is -2.33. The second kappa shape index (κ2) is 6.33. The van der Waals surface area contributed by atoms with Crippen LogP contribution >= 0.6 is 0 Å². The minimum Gasteiger partial charge on any atom is -0.409 e. The highest BCUT2D eigenvalue weighted by Gasteiger charge is 2.24. The summed E-state index contributed by atoms with van der Waals surface area (Å²) in [6.07, 6.45) is 3.16. The first-order valence-corrected chi connectivity index (χ1v) is 6.39. The molecule has 104 valence electrons. The van der Waals surface area contributed by atoms with Crippen LogP contribution in [0.5, 0.6) is 0 Å². The van der Waals surface area contributed by atoms with Gasteiger partial charge in [-0.15, -0.1) is 0 Å². The third-order valence-corrected chi connectivity index (χ3v) is 3.05. The molecule has 0 bridgehead atoms. The molecule has 0 aliphatic carbocycles. The Morgan fingerprint density at radius 2 is 2.47 bits per heavy atom. The first kappa shape index (κ1) is 13.5. The Morgan fingerprint density at radius 3 is 3.21 bits per heavy atom. The van der Waals surface area contributed by atoms with Gasteiger partial charge in [0, 0.05) is 18.3 Å². The summed E-state index contributed by atoms with van der Waals surface area (Å²) in [6, 6.07) is 1.98. The van der Waals surface area contributed by atoms with Gasteiger partial charge in [-0.1, -0.05) is 18.5 Å². The number of ether oxygens (including phenoxy) is 1. The van der Waals surface area contributed by atoms with Crippen molar-refractivity contribution in [3.8, 4) is 0 Å². The molecule has 0 aromatic carbocycles. The standard InChI is InChI=1S/C12H19N5O2/c1-2-3-9-6-11(15-8-14-9)17-4-5-19-10(7-17)12(13)16-18/h6,8,10,18H,2-5,7H2,1H3,(H2,13,16). The van der Waals surface area contributed by atoms with Crippen LogP contribution in [0, 0.1) is 0 Å². The van der Waals surface area contributed by atoms with Gasteiger partial charge in [-0.05, 0) is 6.42 Å². The van der Waals surface area contributed by atoms with Gasteiger partial charge in [-0.25, -0.2) is 9.97 Å². The fourth-order valence-corrected chi connectivity index (χ4v) is 2.05. The SMILES string of the molecule is CCCc1cc(N2CCOC(C(N)=NO)C2)ncn1. The third-order valence-electron chi connectivity index (χ3n) is 3.05. The smallest absolute Gasteiger partial charge is 0.170 e. The van der Waals surface area contributed by atoms with Gasteiger partial charge < -0.3 is 20.6 Å². The van der Waals surface area contributed by atoms with Crippen molar-refractivity contribution in [3.05, 3.63) is 18.1 Å². The zero-order chi connectivity index (χ0) is 13.7. The number of nitrogens with zero attached hydrogens (tertiary/aromatic N) is 4. The monoisotopic (exact) mass is 265 g/mol. The molecule has 7 heteroatoms. The fraction of sp³-hybridized carbons (Fsp3) is 0.583.